The summed E-state index contributed by atoms with van der Waals surface area (Å²) in [5.41, 5.74) is 0.776. The van der Waals surface area contributed by atoms with Crippen molar-refractivity contribution in [3.05, 3.63) is 47.4 Å². The number of hydrogen-bond acceptors (Lipinski definition) is 2. The van der Waals surface area contributed by atoms with Gasteiger partial charge < -0.3 is 10.0 Å². The van der Waals surface area contributed by atoms with Crippen molar-refractivity contribution < 1.29 is 9.52 Å². The molecule has 0 fully saturated rings. The number of carbonyl (C=O) groups excluding carboxylic acids is 1. The van der Waals surface area contributed by atoms with Gasteiger partial charge in [0.2, 0.25) is 0 Å². The Labute approximate surface area is 87.5 Å². The number of aromatic nitrogens is 1. The number of nitrogens with zero attached hydrogens (tertiary/aromatic N) is 1. The Balaban J connectivity index is 2.76. The van der Waals surface area contributed by atoms with Crippen LogP contribution in [0.4, 0.5) is 0 Å². The lowest BCUT2D eigenvalue weighted by molar-refractivity contribution is -0.604. The highest BCUT2D eigenvalue weighted by Crippen LogP contribution is 2.22. The zero-order valence-corrected chi connectivity index (χ0v) is 8.38. The van der Waals surface area contributed by atoms with Crippen LogP contribution in [0.15, 0.2) is 36.7 Å². The Hall–Kier alpha value is -1.90. The standard InChI is InChI=1S/C12H11NO2/c1-9(8-14)12-7-13(15)6-10-4-2-3-5-11(10)12/h2-9H,1H3. The van der Waals surface area contributed by atoms with E-state index in [1.807, 2.05) is 24.3 Å². The van der Waals surface area contributed by atoms with Crippen molar-refractivity contribution in [2.75, 3.05) is 0 Å². The van der Waals surface area contributed by atoms with Gasteiger partial charge in [0.05, 0.1) is 0 Å². The molecule has 0 saturated carbocycles. The highest BCUT2D eigenvalue weighted by Gasteiger charge is 2.12. The van der Waals surface area contributed by atoms with E-state index >= 15 is 0 Å². The number of rotatable bonds is 2. The molecule has 1 atom stereocenters. The van der Waals surface area contributed by atoms with Crippen molar-refractivity contribution in [1.29, 1.82) is 0 Å². The molecular weight excluding hydrogens is 190 g/mol. The molecular formula is C12H11NO2. The molecule has 0 spiro atoms. The summed E-state index contributed by atoms with van der Waals surface area (Å²) in [6, 6.07) is 7.56. The van der Waals surface area contributed by atoms with Crippen LogP contribution in [0.25, 0.3) is 10.8 Å². The molecule has 0 amide bonds. The molecule has 0 bridgehead atoms. The maximum Gasteiger partial charge on any atom is 0.188 e. The minimum atomic E-state index is -0.253. The van der Waals surface area contributed by atoms with E-state index < -0.39 is 0 Å². The Morgan fingerprint density at radius 3 is 2.80 bits per heavy atom. The second-order valence-corrected chi connectivity index (χ2v) is 3.59. The van der Waals surface area contributed by atoms with Crippen molar-refractivity contribution in [3.63, 3.8) is 0 Å². The van der Waals surface area contributed by atoms with Crippen molar-refractivity contribution in [1.82, 2.24) is 0 Å². The summed E-state index contributed by atoms with van der Waals surface area (Å²) in [6.45, 7) is 1.79. The quantitative estimate of drug-likeness (QED) is 0.422. The lowest BCUT2D eigenvalue weighted by Crippen LogP contribution is -2.26. The average molecular weight is 201 g/mol. The van der Waals surface area contributed by atoms with E-state index in [0.717, 1.165) is 27.4 Å². The summed E-state index contributed by atoms with van der Waals surface area (Å²) in [5.74, 6) is -0.253. The SMILES string of the molecule is CC(C=O)c1c[n+]([O-])cc2ccccc12. The van der Waals surface area contributed by atoms with Crippen LogP contribution in [0.2, 0.25) is 0 Å². The van der Waals surface area contributed by atoms with Crippen LogP contribution >= 0.6 is 0 Å². The third kappa shape index (κ3) is 1.68. The van der Waals surface area contributed by atoms with Crippen LogP contribution < -0.4 is 4.73 Å². The van der Waals surface area contributed by atoms with Crippen molar-refractivity contribution >= 4 is 17.1 Å². The Bertz CT molecular complexity index is 508. The third-order valence-electron chi connectivity index (χ3n) is 2.50. The van der Waals surface area contributed by atoms with E-state index in [-0.39, 0.29) is 5.92 Å². The van der Waals surface area contributed by atoms with Gasteiger partial charge in [0, 0.05) is 16.9 Å². The van der Waals surface area contributed by atoms with Gasteiger partial charge in [0.25, 0.3) is 0 Å². The van der Waals surface area contributed by atoms with Gasteiger partial charge in [0.15, 0.2) is 12.4 Å². The topological polar surface area (TPSA) is 44.0 Å². The predicted molar refractivity (Wildman–Crippen MR) is 57.4 cm³/mol. The Kier molecular flexibility index (Phi) is 2.37. The van der Waals surface area contributed by atoms with Crippen LogP contribution in [0.1, 0.15) is 18.4 Å². The fraction of sp³-hybridized carbons (Fsp3) is 0.167. The molecule has 1 heterocycles. The number of carbonyl (C=O) groups is 1. The summed E-state index contributed by atoms with van der Waals surface area (Å²) in [6.07, 6.45) is 3.82. The molecule has 1 unspecified atom stereocenters. The molecule has 76 valence electrons. The van der Waals surface area contributed by atoms with E-state index in [1.165, 1.54) is 12.4 Å². The molecule has 0 N–H and O–H groups in total. The van der Waals surface area contributed by atoms with Crippen LogP contribution in [-0.2, 0) is 4.79 Å². The van der Waals surface area contributed by atoms with Gasteiger partial charge >= 0.3 is 0 Å². The minimum Gasteiger partial charge on any atom is -0.619 e. The summed E-state index contributed by atoms with van der Waals surface area (Å²) >= 11 is 0. The smallest absolute Gasteiger partial charge is 0.188 e. The molecule has 0 radical (unpaired) electrons. The fourth-order valence-electron chi connectivity index (χ4n) is 1.69. The van der Waals surface area contributed by atoms with Crippen LogP contribution in [0.5, 0.6) is 0 Å². The first kappa shape index (κ1) is 9.65. The highest BCUT2D eigenvalue weighted by molar-refractivity contribution is 5.86. The number of pyridine rings is 1. The predicted octanol–water partition coefficient (Wildman–Crippen LogP) is 1.78. The molecule has 3 heteroatoms. The normalized spacial score (nSPS) is 12.6. The van der Waals surface area contributed by atoms with Crippen LogP contribution in [-0.4, -0.2) is 6.29 Å². The molecule has 0 saturated heterocycles. The van der Waals surface area contributed by atoms with Gasteiger partial charge in [0.1, 0.15) is 6.29 Å². The lowest BCUT2D eigenvalue weighted by Gasteiger charge is -2.08. The summed E-state index contributed by atoms with van der Waals surface area (Å²) < 4.78 is 0.748. The minimum absolute atomic E-state index is 0.253. The van der Waals surface area contributed by atoms with Gasteiger partial charge in [-0.05, 0) is 11.5 Å². The number of fused-ring (bicyclic) bond motifs is 1. The van der Waals surface area contributed by atoms with E-state index in [0.29, 0.717) is 0 Å². The second-order valence-electron chi connectivity index (χ2n) is 3.59. The number of benzene rings is 1. The summed E-state index contributed by atoms with van der Waals surface area (Å²) in [5, 5.41) is 13.1. The molecule has 2 aromatic rings. The van der Waals surface area contributed by atoms with E-state index in [1.54, 1.807) is 6.92 Å². The molecule has 0 aliphatic carbocycles. The monoisotopic (exact) mass is 201 g/mol. The largest absolute Gasteiger partial charge is 0.619 e. The van der Waals surface area contributed by atoms with E-state index in [4.69, 9.17) is 0 Å². The second kappa shape index (κ2) is 3.69. The van der Waals surface area contributed by atoms with Crippen LogP contribution in [0.3, 0.4) is 0 Å². The first-order valence-corrected chi connectivity index (χ1v) is 4.79. The molecule has 15 heavy (non-hydrogen) atoms. The zero-order chi connectivity index (χ0) is 10.8. The molecule has 1 aromatic heterocycles. The number of aldehydes is 1. The highest BCUT2D eigenvalue weighted by atomic mass is 16.5. The molecule has 0 aliphatic heterocycles. The first-order valence-electron chi connectivity index (χ1n) is 4.79. The summed E-state index contributed by atoms with van der Waals surface area (Å²) in [7, 11) is 0. The van der Waals surface area contributed by atoms with Crippen LogP contribution in [0, 0.1) is 5.21 Å². The maximum absolute atomic E-state index is 11.3. The maximum atomic E-state index is 11.3. The van der Waals surface area contributed by atoms with Crippen molar-refractivity contribution in [3.8, 4) is 0 Å². The van der Waals surface area contributed by atoms with E-state index in [2.05, 4.69) is 0 Å². The van der Waals surface area contributed by atoms with Gasteiger partial charge in [-0.1, -0.05) is 25.1 Å². The summed E-state index contributed by atoms with van der Waals surface area (Å²) in [4.78, 5) is 10.7. The van der Waals surface area contributed by atoms with Crippen molar-refractivity contribution in [2.45, 2.75) is 12.8 Å². The molecule has 1 aromatic carbocycles. The molecule has 3 nitrogen and oxygen atoms in total. The average Bonchev–Trinajstić information content (AvgIpc) is 2.26. The van der Waals surface area contributed by atoms with E-state index in [9.17, 15) is 10.0 Å². The fourth-order valence-corrected chi connectivity index (χ4v) is 1.69. The van der Waals surface area contributed by atoms with Gasteiger partial charge in [-0.25, -0.2) is 0 Å². The Morgan fingerprint density at radius 2 is 2.07 bits per heavy atom. The molecule has 0 aliphatic rings. The number of hydrogen-bond donors (Lipinski definition) is 0. The van der Waals surface area contributed by atoms with Gasteiger partial charge in [-0.3, -0.25) is 0 Å². The van der Waals surface area contributed by atoms with Crippen molar-refractivity contribution in [2.24, 2.45) is 0 Å². The van der Waals surface area contributed by atoms with Gasteiger partial charge in [-0.2, -0.15) is 4.73 Å². The van der Waals surface area contributed by atoms with Gasteiger partial charge in [-0.15, -0.1) is 0 Å². The molecule has 2 rings (SSSR count). The lowest BCUT2D eigenvalue weighted by atomic mass is 9.98. The third-order valence-corrected chi connectivity index (χ3v) is 2.50. The zero-order valence-electron chi connectivity index (χ0n) is 8.38. The first-order chi connectivity index (χ1) is 7.22. The Morgan fingerprint density at radius 1 is 1.33 bits per heavy atom.